The summed E-state index contributed by atoms with van der Waals surface area (Å²) in [5.41, 5.74) is 1.40. The summed E-state index contributed by atoms with van der Waals surface area (Å²) in [4.78, 5) is 28.3. The minimum absolute atomic E-state index is 0.0921. The van der Waals surface area contributed by atoms with Crippen molar-refractivity contribution in [3.63, 3.8) is 0 Å². The molecule has 0 aliphatic heterocycles. The van der Waals surface area contributed by atoms with Crippen molar-refractivity contribution in [3.8, 4) is 0 Å². The summed E-state index contributed by atoms with van der Waals surface area (Å²) in [7, 11) is 0. The molecular weight excluding hydrogens is 446 g/mol. The number of hydrogen-bond acceptors (Lipinski definition) is 5. The zero-order chi connectivity index (χ0) is 20.3. The fourth-order valence-electron chi connectivity index (χ4n) is 2.85. The largest absolute Gasteiger partial charge is 0.380 e. The van der Waals surface area contributed by atoms with Crippen LogP contribution >= 0.6 is 27.3 Å². The van der Waals surface area contributed by atoms with Crippen LogP contribution in [0, 0.1) is 17.0 Å². The Hall–Kier alpha value is -2.36. The van der Waals surface area contributed by atoms with Gasteiger partial charge in [-0.15, -0.1) is 0 Å². The zero-order valence-electron chi connectivity index (χ0n) is 15.3. The van der Waals surface area contributed by atoms with Crippen LogP contribution in [0.25, 0.3) is 10.2 Å². The average Bonchev–Trinajstić information content (AvgIpc) is 2.98. The van der Waals surface area contributed by atoms with Crippen LogP contribution in [0.1, 0.15) is 22.8 Å². The molecule has 0 fully saturated rings. The fraction of sp³-hybridized carbons (Fsp3) is 0.263. The van der Waals surface area contributed by atoms with Crippen LogP contribution < -0.4 is 4.80 Å². The third-order valence-electron chi connectivity index (χ3n) is 4.24. The molecule has 0 aliphatic carbocycles. The Morgan fingerprint density at radius 2 is 2.14 bits per heavy atom. The molecule has 0 saturated heterocycles. The van der Waals surface area contributed by atoms with E-state index >= 15 is 0 Å². The lowest BCUT2D eigenvalue weighted by atomic mass is 10.1. The second-order valence-electron chi connectivity index (χ2n) is 5.97. The first-order valence-electron chi connectivity index (χ1n) is 8.62. The van der Waals surface area contributed by atoms with Gasteiger partial charge in [-0.25, -0.2) is 0 Å². The van der Waals surface area contributed by atoms with E-state index in [0.29, 0.717) is 30.1 Å². The maximum Gasteiger partial charge on any atom is 0.280 e. The first kappa shape index (κ1) is 20.4. The van der Waals surface area contributed by atoms with Gasteiger partial charge in [0.15, 0.2) is 4.80 Å². The van der Waals surface area contributed by atoms with E-state index in [1.54, 1.807) is 13.0 Å². The number of carbonyl (C=O) groups is 1. The highest BCUT2D eigenvalue weighted by Gasteiger charge is 2.18. The molecule has 1 amide bonds. The molecular formula is C19H18BrN3O4S. The molecule has 146 valence electrons. The smallest absolute Gasteiger partial charge is 0.280 e. The van der Waals surface area contributed by atoms with Crippen molar-refractivity contribution in [1.29, 1.82) is 0 Å². The van der Waals surface area contributed by atoms with E-state index in [-0.39, 0.29) is 11.3 Å². The Balaban J connectivity index is 2.10. The summed E-state index contributed by atoms with van der Waals surface area (Å²) >= 11 is 4.85. The molecule has 0 bridgehead atoms. The standard InChI is InChI=1S/C19H18BrN3O4S/c1-3-27-10-9-22-16-8-7-13(20)11-17(16)28-19(22)21-18(24)14-5-4-6-15(12(14)2)23(25)26/h4-8,11H,3,9-10H2,1-2H3. The summed E-state index contributed by atoms with van der Waals surface area (Å²) < 4.78 is 9.31. The minimum Gasteiger partial charge on any atom is -0.380 e. The van der Waals surface area contributed by atoms with Gasteiger partial charge in [-0.2, -0.15) is 4.99 Å². The molecule has 0 radical (unpaired) electrons. The molecule has 0 atom stereocenters. The van der Waals surface area contributed by atoms with Gasteiger partial charge < -0.3 is 9.30 Å². The predicted molar refractivity (Wildman–Crippen MR) is 112 cm³/mol. The number of nitrogens with zero attached hydrogens (tertiary/aromatic N) is 3. The number of halogens is 1. The molecule has 7 nitrogen and oxygen atoms in total. The summed E-state index contributed by atoms with van der Waals surface area (Å²) in [6.45, 7) is 5.14. The molecule has 0 spiro atoms. The Kier molecular flexibility index (Phi) is 6.38. The second-order valence-corrected chi connectivity index (χ2v) is 7.89. The molecule has 2 aromatic carbocycles. The van der Waals surface area contributed by atoms with Gasteiger partial charge in [0, 0.05) is 29.3 Å². The van der Waals surface area contributed by atoms with Crippen molar-refractivity contribution in [1.82, 2.24) is 4.57 Å². The van der Waals surface area contributed by atoms with Crippen molar-refractivity contribution in [2.75, 3.05) is 13.2 Å². The van der Waals surface area contributed by atoms with Gasteiger partial charge in [0.2, 0.25) is 0 Å². The van der Waals surface area contributed by atoms with Crippen LogP contribution in [0.4, 0.5) is 5.69 Å². The van der Waals surface area contributed by atoms with Gasteiger partial charge in [0.25, 0.3) is 11.6 Å². The van der Waals surface area contributed by atoms with Gasteiger partial charge in [0.05, 0.1) is 27.3 Å². The number of nitro groups is 1. The lowest BCUT2D eigenvalue weighted by Crippen LogP contribution is -2.20. The number of thiazole rings is 1. The maximum atomic E-state index is 12.8. The van der Waals surface area contributed by atoms with E-state index < -0.39 is 10.8 Å². The van der Waals surface area contributed by atoms with Crippen LogP contribution in [-0.2, 0) is 11.3 Å². The monoisotopic (exact) mass is 463 g/mol. The highest BCUT2D eigenvalue weighted by molar-refractivity contribution is 9.10. The predicted octanol–water partition coefficient (Wildman–Crippen LogP) is 4.46. The Morgan fingerprint density at radius 3 is 2.86 bits per heavy atom. The van der Waals surface area contributed by atoms with Crippen molar-refractivity contribution in [3.05, 3.63) is 66.9 Å². The van der Waals surface area contributed by atoms with Gasteiger partial charge in [-0.1, -0.05) is 33.3 Å². The van der Waals surface area contributed by atoms with Gasteiger partial charge in [-0.3, -0.25) is 14.9 Å². The minimum atomic E-state index is -0.503. The zero-order valence-corrected chi connectivity index (χ0v) is 17.7. The van der Waals surface area contributed by atoms with Crippen LogP contribution in [0.15, 0.2) is 45.9 Å². The average molecular weight is 464 g/mol. The normalized spacial score (nSPS) is 11.9. The molecule has 0 saturated carbocycles. The summed E-state index contributed by atoms with van der Waals surface area (Å²) in [6, 6.07) is 10.3. The van der Waals surface area contributed by atoms with Gasteiger partial charge in [0.1, 0.15) is 0 Å². The number of aromatic nitrogens is 1. The lowest BCUT2D eigenvalue weighted by molar-refractivity contribution is -0.385. The van der Waals surface area contributed by atoms with E-state index in [0.717, 1.165) is 14.7 Å². The maximum absolute atomic E-state index is 12.8. The molecule has 0 N–H and O–H groups in total. The Labute approximate surface area is 173 Å². The number of hydrogen-bond donors (Lipinski definition) is 0. The molecule has 3 aromatic rings. The third-order valence-corrected chi connectivity index (χ3v) is 5.77. The Morgan fingerprint density at radius 1 is 1.36 bits per heavy atom. The highest BCUT2D eigenvalue weighted by Crippen LogP contribution is 2.24. The first-order valence-corrected chi connectivity index (χ1v) is 10.2. The van der Waals surface area contributed by atoms with E-state index in [4.69, 9.17) is 4.74 Å². The molecule has 0 aliphatic rings. The quantitative estimate of drug-likeness (QED) is 0.306. The van der Waals surface area contributed by atoms with Crippen LogP contribution in [-0.4, -0.2) is 28.6 Å². The number of rotatable bonds is 6. The van der Waals surface area contributed by atoms with E-state index in [2.05, 4.69) is 20.9 Å². The summed E-state index contributed by atoms with van der Waals surface area (Å²) in [5.74, 6) is -0.503. The van der Waals surface area contributed by atoms with Gasteiger partial charge >= 0.3 is 0 Å². The molecule has 28 heavy (non-hydrogen) atoms. The van der Waals surface area contributed by atoms with Crippen LogP contribution in [0.3, 0.4) is 0 Å². The topological polar surface area (TPSA) is 86.7 Å². The van der Waals surface area contributed by atoms with Crippen molar-refractivity contribution in [2.24, 2.45) is 4.99 Å². The van der Waals surface area contributed by atoms with Crippen molar-refractivity contribution < 1.29 is 14.5 Å². The third kappa shape index (κ3) is 4.21. The number of amides is 1. The van der Waals surface area contributed by atoms with Crippen molar-refractivity contribution >= 4 is 49.1 Å². The fourth-order valence-corrected chi connectivity index (χ4v) is 4.46. The van der Waals surface area contributed by atoms with E-state index in [9.17, 15) is 14.9 Å². The molecule has 1 heterocycles. The van der Waals surface area contributed by atoms with Crippen LogP contribution in [0.5, 0.6) is 0 Å². The number of carbonyl (C=O) groups excluding carboxylic acids is 1. The Bertz CT molecular complexity index is 1120. The number of nitro benzene ring substituents is 1. The summed E-state index contributed by atoms with van der Waals surface area (Å²) in [5, 5.41) is 11.1. The number of fused-ring (bicyclic) bond motifs is 1. The van der Waals surface area contributed by atoms with E-state index in [1.807, 2.05) is 29.7 Å². The van der Waals surface area contributed by atoms with E-state index in [1.165, 1.54) is 23.5 Å². The first-order chi connectivity index (χ1) is 13.4. The second kappa shape index (κ2) is 8.76. The molecule has 1 aromatic heterocycles. The lowest BCUT2D eigenvalue weighted by Gasteiger charge is -2.06. The van der Waals surface area contributed by atoms with Crippen molar-refractivity contribution in [2.45, 2.75) is 20.4 Å². The number of ether oxygens (including phenoxy) is 1. The highest BCUT2D eigenvalue weighted by atomic mass is 79.9. The SMILES string of the molecule is CCOCCn1c(=NC(=O)c2cccc([N+](=O)[O-])c2C)sc2cc(Br)ccc21. The van der Waals surface area contributed by atoms with Crippen LogP contribution in [0.2, 0.25) is 0 Å². The summed E-state index contributed by atoms with van der Waals surface area (Å²) in [6.07, 6.45) is 0. The molecule has 9 heteroatoms. The van der Waals surface area contributed by atoms with Gasteiger partial charge in [-0.05, 0) is 38.1 Å². The molecule has 3 rings (SSSR count). The number of benzene rings is 2. The molecule has 0 unspecified atom stereocenters.